The van der Waals surface area contributed by atoms with Crippen LogP contribution in [0.3, 0.4) is 0 Å². The van der Waals surface area contributed by atoms with Crippen LogP contribution in [-0.2, 0) is 4.74 Å². The molecule has 2 heterocycles. The number of rotatable bonds is 10. The van der Waals surface area contributed by atoms with Gasteiger partial charge in [0.15, 0.2) is 0 Å². The van der Waals surface area contributed by atoms with E-state index in [4.69, 9.17) is 4.74 Å². The van der Waals surface area contributed by atoms with Crippen LogP contribution in [0.15, 0.2) is 82.5 Å². The first-order valence-electron chi connectivity index (χ1n) is 13.1. The molecule has 2 aliphatic heterocycles. The first-order valence-corrected chi connectivity index (χ1v) is 15.5. The van der Waals surface area contributed by atoms with Gasteiger partial charge in [-0.05, 0) is 82.8 Å². The molecule has 2 aliphatic rings. The van der Waals surface area contributed by atoms with Gasteiger partial charge >= 0.3 is 0 Å². The number of hydrogen-bond acceptors (Lipinski definition) is 2. The normalized spacial score (nSPS) is 19.7. The van der Waals surface area contributed by atoms with Gasteiger partial charge in [-0.2, -0.15) is 0 Å². The van der Waals surface area contributed by atoms with E-state index in [0.29, 0.717) is 0 Å². The summed E-state index contributed by atoms with van der Waals surface area (Å²) in [5, 5.41) is 0. The lowest BCUT2D eigenvalue weighted by molar-refractivity contribution is 0.0648. The molecule has 1 fully saturated rings. The van der Waals surface area contributed by atoms with Gasteiger partial charge in [-0.3, -0.25) is 0 Å². The second-order valence-corrected chi connectivity index (χ2v) is 12.4. The van der Waals surface area contributed by atoms with Gasteiger partial charge in [-0.1, -0.05) is 112 Å². The Bertz CT molecular complexity index is 881. The number of benzene rings is 2. The van der Waals surface area contributed by atoms with E-state index in [1.165, 1.54) is 82.1 Å². The third kappa shape index (κ3) is 8.58. The van der Waals surface area contributed by atoms with Crippen molar-refractivity contribution in [2.24, 2.45) is 5.92 Å². The zero-order chi connectivity index (χ0) is 23.3. The van der Waals surface area contributed by atoms with Crippen molar-refractivity contribution >= 4 is 24.7 Å². The molecule has 0 saturated carbocycles. The summed E-state index contributed by atoms with van der Waals surface area (Å²) in [7, 11) is 0. The highest BCUT2D eigenvalue weighted by Gasteiger charge is 2.18. The van der Waals surface area contributed by atoms with Crippen molar-refractivity contribution < 1.29 is 4.74 Å². The Hall–Kier alpha value is -1.56. The largest absolute Gasteiger partial charge is 0.369 e. The first-order chi connectivity index (χ1) is 16.9. The van der Waals surface area contributed by atoms with Crippen LogP contribution in [0, 0.1) is 5.92 Å². The van der Waals surface area contributed by atoms with Crippen LogP contribution >= 0.6 is 20.7 Å². The number of hydrogen-bond donors (Lipinski definition) is 0. The van der Waals surface area contributed by atoms with Crippen LogP contribution in [-0.4, -0.2) is 35.2 Å². The standard InChI is InChI=1S/C31H40INO/c1-4-14-28(15-5-1)31(29-16-6-2-7-17-29)34-26-21-27-13-9-11-23-33(25-20-27)24-12-19-30-18-8-3-10-22-32-30/h1-8,14-18,22,27,31H,9-13,19-21,23-26H2. The molecular formula is C31H40INO. The summed E-state index contributed by atoms with van der Waals surface area (Å²) in [4.78, 5) is 2.74. The van der Waals surface area contributed by atoms with Gasteiger partial charge < -0.3 is 9.64 Å². The van der Waals surface area contributed by atoms with Crippen molar-refractivity contribution in [3.8, 4) is 0 Å². The van der Waals surface area contributed by atoms with Crippen LogP contribution in [0.4, 0.5) is 0 Å². The molecule has 0 aromatic heterocycles. The lowest BCUT2D eigenvalue weighted by atomic mass is 9.93. The van der Waals surface area contributed by atoms with Crippen LogP contribution in [0.5, 0.6) is 0 Å². The third-order valence-electron chi connectivity index (χ3n) is 6.95. The van der Waals surface area contributed by atoms with E-state index in [1.54, 1.807) is 3.58 Å². The lowest BCUT2D eigenvalue weighted by Gasteiger charge is -2.29. The highest BCUT2D eigenvalue weighted by molar-refractivity contribution is 14.2. The minimum absolute atomic E-state index is 0.0284. The molecular weight excluding hydrogens is 529 g/mol. The highest BCUT2D eigenvalue weighted by atomic mass is 127. The topological polar surface area (TPSA) is 12.5 Å². The second-order valence-electron chi connectivity index (χ2n) is 9.50. The molecule has 34 heavy (non-hydrogen) atoms. The van der Waals surface area contributed by atoms with Crippen molar-refractivity contribution in [3.05, 3.63) is 93.6 Å². The molecule has 3 heteroatoms. The number of likely N-dealkylation sites (tertiary alicyclic amines) is 1. The SMILES string of the molecule is C1=CCC=IC(CCCN2CCCCC(CCOC(c3ccccc3)c3ccccc3)CC2)=C1. The van der Waals surface area contributed by atoms with Crippen molar-refractivity contribution in [3.63, 3.8) is 0 Å². The molecule has 2 nitrogen and oxygen atoms in total. The van der Waals surface area contributed by atoms with E-state index < -0.39 is 0 Å². The molecule has 1 atom stereocenters. The minimum atomic E-state index is 0.0284. The average molecular weight is 570 g/mol. The highest BCUT2D eigenvalue weighted by Crippen LogP contribution is 2.28. The van der Waals surface area contributed by atoms with Gasteiger partial charge in [-0.25, -0.2) is 0 Å². The Morgan fingerprint density at radius 3 is 2.44 bits per heavy atom. The van der Waals surface area contributed by atoms with Gasteiger partial charge in [-0.15, -0.1) is 0 Å². The Labute approximate surface area is 216 Å². The fourth-order valence-electron chi connectivity index (χ4n) is 4.99. The maximum atomic E-state index is 6.53. The van der Waals surface area contributed by atoms with Gasteiger partial charge in [0, 0.05) is 6.61 Å². The molecule has 1 unspecified atom stereocenters. The predicted octanol–water partition coefficient (Wildman–Crippen LogP) is 8.07. The molecule has 182 valence electrons. The molecule has 0 spiro atoms. The summed E-state index contributed by atoms with van der Waals surface area (Å²) in [5.74, 6) is 0.783. The Balaban J connectivity index is 1.23. The second kappa shape index (κ2) is 14.8. The van der Waals surface area contributed by atoms with Crippen molar-refractivity contribution in [1.82, 2.24) is 4.90 Å². The van der Waals surface area contributed by atoms with Crippen molar-refractivity contribution in [1.29, 1.82) is 0 Å². The maximum absolute atomic E-state index is 6.53. The Kier molecular flexibility index (Phi) is 11.1. The molecule has 1 saturated heterocycles. The minimum Gasteiger partial charge on any atom is -0.369 e. The molecule has 2 aromatic carbocycles. The number of nitrogens with zero attached hydrogens (tertiary/aromatic N) is 1. The van der Waals surface area contributed by atoms with Gasteiger partial charge in [0.05, 0.1) is 0 Å². The van der Waals surface area contributed by atoms with E-state index in [-0.39, 0.29) is 26.8 Å². The molecule has 0 amide bonds. The predicted molar refractivity (Wildman–Crippen MR) is 155 cm³/mol. The van der Waals surface area contributed by atoms with E-state index in [9.17, 15) is 0 Å². The smallest absolute Gasteiger partial charge is 0.108 e. The van der Waals surface area contributed by atoms with Crippen molar-refractivity contribution in [2.45, 2.75) is 57.5 Å². The van der Waals surface area contributed by atoms with Gasteiger partial charge in [0.1, 0.15) is 6.10 Å². The van der Waals surface area contributed by atoms with E-state index in [0.717, 1.165) is 12.5 Å². The van der Waals surface area contributed by atoms with E-state index >= 15 is 0 Å². The van der Waals surface area contributed by atoms with E-state index in [1.807, 2.05) is 0 Å². The summed E-state index contributed by atoms with van der Waals surface area (Å²) in [6, 6.07) is 21.4. The maximum Gasteiger partial charge on any atom is 0.108 e. The molecule has 0 bridgehead atoms. The fraction of sp³-hybridized carbons (Fsp3) is 0.452. The molecule has 2 aromatic rings. The molecule has 4 rings (SSSR count). The number of halogens is 1. The molecule has 0 radical (unpaired) electrons. The van der Waals surface area contributed by atoms with Crippen LogP contribution in [0.1, 0.15) is 68.6 Å². The van der Waals surface area contributed by atoms with Gasteiger partial charge in [0.25, 0.3) is 0 Å². The monoisotopic (exact) mass is 569 g/mol. The third-order valence-corrected chi connectivity index (χ3v) is 9.60. The zero-order valence-corrected chi connectivity index (χ0v) is 22.6. The lowest BCUT2D eigenvalue weighted by Crippen LogP contribution is -2.30. The van der Waals surface area contributed by atoms with Crippen LogP contribution in [0.2, 0.25) is 0 Å². The molecule has 0 N–H and O–H groups in total. The summed E-state index contributed by atoms with van der Waals surface area (Å²) >= 11 is 0.167. The summed E-state index contributed by atoms with van der Waals surface area (Å²) in [5.41, 5.74) is 2.49. The van der Waals surface area contributed by atoms with Crippen LogP contribution < -0.4 is 0 Å². The average Bonchev–Trinajstić information content (AvgIpc) is 3.14. The number of allylic oxidation sites excluding steroid dienone is 4. The van der Waals surface area contributed by atoms with Gasteiger partial charge in [0.2, 0.25) is 0 Å². The number of ether oxygens (including phenoxy) is 1. The summed E-state index contributed by atoms with van der Waals surface area (Å²) in [6.45, 7) is 4.64. The fourth-order valence-corrected chi connectivity index (χ4v) is 7.21. The molecule has 0 aliphatic carbocycles. The van der Waals surface area contributed by atoms with E-state index in [2.05, 4.69) is 87.8 Å². The quantitative estimate of drug-likeness (QED) is 0.268. The zero-order valence-electron chi connectivity index (χ0n) is 20.5. The summed E-state index contributed by atoms with van der Waals surface area (Å²) in [6.07, 6.45) is 17.3. The Morgan fingerprint density at radius 2 is 1.68 bits per heavy atom. The summed E-state index contributed by atoms with van der Waals surface area (Å²) < 4.78 is 10.8. The first kappa shape index (κ1) is 25.5. The van der Waals surface area contributed by atoms with Crippen molar-refractivity contribution in [2.75, 3.05) is 26.2 Å². The Morgan fingerprint density at radius 1 is 0.912 bits per heavy atom. The van der Waals surface area contributed by atoms with Crippen LogP contribution in [0.25, 0.3) is 0 Å².